The first kappa shape index (κ1) is 14.7. The van der Waals surface area contributed by atoms with Crippen LogP contribution in [0.1, 0.15) is 30.1 Å². The van der Waals surface area contributed by atoms with Gasteiger partial charge in [0.2, 0.25) is 0 Å². The molecule has 1 fully saturated rings. The largest absolute Gasteiger partial charge is 0.377 e. The number of hydrogen-bond acceptors (Lipinski definition) is 3. The normalized spacial score (nSPS) is 21.1. The number of ether oxygens (including phenoxy) is 1. The molecule has 2 rings (SSSR count). The van der Waals surface area contributed by atoms with Crippen LogP contribution in [0.2, 0.25) is 0 Å². The quantitative estimate of drug-likeness (QED) is 0.796. The van der Waals surface area contributed by atoms with E-state index in [0.717, 1.165) is 42.7 Å². The Morgan fingerprint density at radius 1 is 1.42 bits per heavy atom. The lowest BCUT2D eigenvalue weighted by molar-refractivity contribution is 0.0668. The van der Waals surface area contributed by atoms with E-state index in [-0.39, 0.29) is 11.9 Å². The van der Waals surface area contributed by atoms with E-state index in [4.69, 9.17) is 4.74 Å². The fourth-order valence-electron chi connectivity index (χ4n) is 2.32. The minimum Gasteiger partial charge on any atom is -0.377 e. The van der Waals surface area contributed by atoms with Crippen molar-refractivity contribution in [3.63, 3.8) is 0 Å². The van der Waals surface area contributed by atoms with Crippen molar-refractivity contribution in [1.82, 2.24) is 4.90 Å². The Balaban J connectivity index is 1.84. The summed E-state index contributed by atoms with van der Waals surface area (Å²) in [5.74, 6) is 0.213. The molecule has 1 atom stereocenters. The molecule has 1 unspecified atom stereocenters. The summed E-state index contributed by atoms with van der Waals surface area (Å²) in [4.78, 5) is 14.4. The zero-order valence-electron chi connectivity index (χ0n) is 11.3. The Kier molecular flexibility index (Phi) is 5.55. The molecule has 1 aliphatic rings. The molecule has 0 aliphatic carbocycles. The summed E-state index contributed by atoms with van der Waals surface area (Å²) >= 11 is 3.38. The zero-order chi connectivity index (χ0) is 13.7. The maximum Gasteiger partial charge on any atom is 0.164 e. The second kappa shape index (κ2) is 7.17. The zero-order valence-corrected chi connectivity index (χ0v) is 12.9. The van der Waals surface area contributed by atoms with Gasteiger partial charge in [-0.05, 0) is 25.5 Å². The second-order valence-electron chi connectivity index (χ2n) is 5.02. The highest BCUT2D eigenvalue weighted by atomic mass is 79.9. The number of nitrogens with zero attached hydrogens (tertiary/aromatic N) is 1. The maximum atomic E-state index is 12.1. The molecule has 19 heavy (non-hydrogen) atoms. The molecule has 104 valence electrons. The van der Waals surface area contributed by atoms with Crippen LogP contribution in [0.5, 0.6) is 0 Å². The minimum absolute atomic E-state index is 0.213. The summed E-state index contributed by atoms with van der Waals surface area (Å²) in [6, 6.07) is 7.57. The van der Waals surface area contributed by atoms with Gasteiger partial charge in [-0.15, -0.1) is 0 Å². The van der Waals surface area contributed by atoms with Gasteiger partial charge in [-0.1, -0.05) is 28.1 Å². The number of hydrogen-bond donors (Lipinski definition) is 0. The summed E-state index contributed by atoms with van der Waals surface area (Å²) < 4.78 is 6.61. The Morgan fingerprint density at radius 2 is 2.16 bits per heavy atom. The standard InChI is InChI=1S/C15H20BrNO2/c1-12-11-17(8-2-10-19-12)9-7-15(18)13-3-5-14(16)6-4-13/h3-6,12H,2,7-11H2,1H3. The van der Waals surface area contributed by atoms with Crippen molar-refractivity contribution in [2.45, 2.75) is 25.9 Å². The average molecular weight is 326 g/mol. The highest BCUT2D eigenvalue weighted by Crippen LogP contribution is 2.13. The maximum absolute atomic E-state index is 12.1. The first-order valence-corrected chi connectivity index (χ1v) is 7.57. The predicted molar refractivity (Wildman–Crippen MR) is 79.6 cm³/mol. The van der Waals surface area contributed by atoms with Gasteiger partial charge in [0.15, 0.2) is 5.78 Å². The van der Waals surface area contributed by atoms with E-state index in [1.807, 2.05) is 24.3 Å². The van der Waals surface area contributed by atoms with E-state index in [0.29, 0.717) is 6.42 Å². The smallest absolute Gasteiger partial charge is 0.164 e. The molecular weight excluding hydrogens is 306 g/mol. The molecular formula is C15H20BrNO2. The lowest BCUT2D eigenvalue weighted by Gasteiger charge is -2.21. The Labute approximate surface area is 123 Å². The third-order valence-corrected chi connectivity index (χ3v) is 3.89. The van der Waals surface area contributed by atoms with Crippen LogP contribution >= 0.6 is 15.9 Å². The number of carbonyl (C=O) groups excluding carboxylic acids is 1. The van der Waals surface area contributed by atoms with Crippen LogP contribution in [0, 0.1) is 0 Å². The van der Waals surface area contributed by atoms with Crippen molar-refractivity contribution in [3.05, 3.63) is 34.3 Å². The van der Waals surface area contributed by atoms with E-state index in [2.05, 4.69) is 27.8 Å². The molecule has 0 N–H and O–H groups in total. The van der Waals surface area contributed by atoms with Crippen LogP contribution in [0.25, 0.3) is 0 Å². The lowest BCUT2D eigenvalue weighted by atomic mass is 10.1. The number of halogens is 1. The molecule has 0 bridgehead atoms. The molecule has 0 aromatic heterocycles. The summed E-state index contributed by atoms with van der Waals surface area (Å²) in [6.07, 6.45) is 1.90. The SMILES string of the molecule is CC1CN(CCC(=O)c2ccc(Br)cc2)CCCO1. The van der Waals surface area contributed by atoms with Crippen LogP contribution in [-0.4, -0.2) is 43.0 Å². The molecule has 4 heteroatoms. The first-order chi connectivity index (χ1) is 9.15. The van der Waals surface area contributed by atoms with Crippen LogP contribution in [0.15, 0.2) is 28.7 Å². The molecule has 1 aromatic carbocycles. The van der Waals surface area contributed by atoms with Gasteiger partial charge < -0.3 is 9.64 Å². The lowest BCUT2D eigenvalue weighted by Crippen LogP contribution is -2.32. The molecule has 1 heterocycles. The molecule has 1 aromatic rings. The van der Waals surface area contributed by atoms with Crippen LogP contribution in [0.4, 0.5) is 0 Å². The summed E-state index contributed by atoms with van der Waals surface area (Å²) in [6.45, 7) is 5.70. The van der Waals surface area contributed by atoms with E-state index < -0.39 is 0 Å². The summed E-state index contributed by atoms with van der Waals surface area (Å²) in [7, 11) is 0. The molecule has 1 saturated heterocycles. The highest BCUT2D eigenvalue weighted by Gasteiger charge is 2.16. The van der Waals surface area contributed by atoms with Crippen molar-refractivity contribution in [1.29, 1.82) is 0 Å². The number of ketones is 1. The van der Waals surface area contributed by atoms with E-state index in [9.17, 15) is 4.79 Å². The second-order valence-corrected chi connectivity index (χ2v) is 5.93. The molecule has 0 amide bonds. The van der Waals surface area contributed by atoms with Crippen molar-refractivity contribution < 1.29 is 9.53 Å². The average Bonchev–Trinajstić information content (AvgIpc) is 2.61. The van der Waals surface area contributed by atoms with Gasteiger partial charge in [0.1, 0.15) is 0 Å². The fourth-order valence-corrected chi connectivity index (χ4v) is 2.59. The van der Waals surface area contributed by atoms with Crippen molar-refractivity contribution in [3.8, 4) is 0 Å². The van der Waals surface area contributed by atoms with Gasteiger partial charge in [0.25, 0.3) is 0 Å². The molecule has 0 spiro atoms. The predicted octanol–water partition coefficient (Wildman–Crippen LogP) is 3.13. The number of rotatable bonds is 4. The molecule has 0 saturated carbocycles. The van der Waals surface area contributed by atoms with Gasteiger partial charge in [-0.25, -0.2) is 0 Å². The van der Waals surface area contributed by atoms with Gasteiger partial charge in [-0.2, -0.15) is 0 Å². The van der Waals surface area contributed by atoms with Gasteiger partial charge in [0, 0.05) is 42.7 Å². The van der Waals surface area contributed by atoms with Gasteiger partial charge >= 0.3 is 0 Å². The molecule has 3 nitrogen and oxygen atoms in total. The van der Waals surface area contributed by atoms with Gasteiger partial charge in [0.05, 0.1) is 6.10 Å². The topological polar surface area (TPSA) is 29.5 Å². The number of carbonyl (C=O) groups is 1. The monoisotopic (exact) mass is 325 g/mol. The van der Waals surface area contributed by atoms with E-state index in [1.54, 1.807) is 0 Å². The highest BCUT2D eigenvalue weighted by molar-refractivity contribution is 9.10. The Morgan fingerprint density at radius 3 is 2.89 bits per heavy atom. The van der Waals surface area contributed by atoms with E-state index in [1.165, 1.54) is 0 Å². The van der Waals surface area contributed by atoms with Gasteiger partial charge in [-0.3, -0.25) is 4.79 Å². The third-order valence-electron chi connectivity index (χ3n) is 3.36. The van der Waals surface area contributed by atoms with Crippen molar-refractivity contribution in [2.24, 2.45) is 0 Å². The number of Topliss-reactive ketones (excluding diaryl/α,β-unsaturated/α-hetero) is 1. The molecule has 1 aliphatic heterocycles. The molecule has 0 radical (unpaired) electrons. The Bertz CT molecular complexity index is 419. The van der Waals surface area contributed by atoms with Crippen molar-refractivity contribution in [2.75, 3.05) is 26.2 Å². The van der Waals surface area contributed by atoms with Crippen LogP contribution in [0.3, 0.4) is 0 Å². The third kappa shape index (κ3) is 4.71. The van der Waals surface area contributed by atoms with Crippen LogP contribution in [-0.2, 0) is 4.74 Å². The Hall–Kier alpha value is -0.710. The minimum atomic E-state index is 0.213. The number of benzene rings is 1. The van der Waals surface area contributed by atoms with Crippen LogP contribution < -0.4 is 0 Å². The fraction of sp³-hybridized carbons (Fsp3) is 0.533. The summed E-state index contributed by atoms with van der Waals surface area (Å²) in [5, 5.41) is 0. The van der Waals surface area contributed by atoms with Crippen molar-refractivity contribution >= 4 is 21.7 Å². The first-order valence-electron chi connectivity index (χ1n) is 6.78. The van der Waals surface area contributed by atoms with E-state index >= 15 is 0 Å². The summed E-state index contributed by atoms with van der Waals surface area (Å²) in [5.41, 5.74) is 0.794.